The fraction of sp³-hybridized carbons (Fsp3) is 0.529. The zero-order valence-electron chi connectivity index (χ0n) is 13.8. The first-order valence-corrected chi connectivity index (χ1v) is 7.90. The average molecular weight is 322 g/mol. The standard InChI is InChI=1S/C17H26N2O4/c1-3-18-11-7-10-15(12-16(20)22-2)19-17(21)23-13-14-8-5-4-6-9-14/h4-6,8-9,15,18H,3,7,10-13H2,1-2H3,(H,19,21)/t15-/m0/s1. The molecule has 2 N–H and O–H groups in total. The summed E-state index contributed by atoms with van der Waals surface area (Å²) in [6.07, 6.45) is 1.16. The van der Waals surface area contributed by atoms with Crippen LogP contribution < -0.4 is 10.6 Å². The molecule has 1 amide bonds. The number of amides is 1. The minimum atomic E-state index is -0.522. The Balaban J connectivity index is 2.40. The van der Waals surface area contributed by atoms with E-state index < -0.39 is 6.09 Å². The van der Waals surface area contributed by atoms with Gasteiger partial charge in [0.25, 0.3) is 0 Å². The van der Waals surface area contributed by atoms with Gasteiger partial charge in [-0.05, 0) is 31.5 Å². The second kappa shape index (κ2) is 11.5. The van der Waals surface area contributed by atoms with Gasteiger partial charge in [-0.2, -0.15) is 0 Å². The quantitative estimate of drug-likeness (QED) is 0.510. The van der Waals surface area contributed by atoms with Crippen LogP contribution in [-0.2, 0) is 20.9 Å². The summed E-state index contributed by atoms with van der Waals surface area (Å²) >= 11 is 0. The third kappa shape index (κ3) is 8.83. The van der Waals surface area contributed by atoms with Crippen LogP contribution in [0.5, 0.6) is 0 Å². The predicted molar refractivity (Wildman–Crippen MR) is 88.0 cm³/mol. The molecule has 1 aromatic rings. The fourth-order valence-electron chi connectivity index (χ4n) is 2.09. The van der Waals surface area contributed by atoms with Gasteiger partial charge in [-0.1, -0.05) is 37.3 Å². The van der Waals surface area contributed by atoms with Gasteiger partial charge in [-0.25, -0.2) is 4.79 Å². The molecule has 6 nitrogen and oxygen atoms in total. The van der Waals surface area contributed by atoms with Crippen molar-refractivity contribution >= 4 is 12.1 Å². The molecule has 1 rings (SSSR count). The van der Waals surface area contributed by atoms with Crippen LogP contribution in [0.15, 0.2) is 30.3 Å². The van der Waals surface area contributed by atoms with Crippen molar-refractivity contribution in [3.63, 3.8) is 0 Å². The van der Waals surface area contributed by atoms with Crippen LogP contribution in [-0.4, -0.2) is 38.3 Å². The van der Waals surface area contributed by atoms with Crippen LogP contribution in [0, 0.1) is 0 Å². The summed E-state index contributed by atoms with van der Waals surface area (Å²) in [5.74, 6) is -0.346. The van der Waals surface area contributed by atoms with Gasteiger partial charge in [0.15, 0.2) is 0 Å². The van der Waals surface area contributed by atoms with E-state index in [0.717, 1.165) is 25.1 Å². The Morgan fingerprint density at radius 1 is 1.22 bits per heavy atom. The monoisotopic (exact) mass is 322 g/mol. The van der Waals surface area contributed by atoms with Crippen molar-refractivity contribution < 1.29 is 19.1 Å². The van der Waals surface area contributed by atoms with Gasteiger partial charge in [0.1, 0.15) is 6.61 Å². The molecule has 23 heavy (non-hydrogen) atoms. The Hall–Kier alpha value is -2.08. The predicted octanol–water partition coefficient (Wildman–Crippen LogP) is 2.23. The summed E-state index contributed by atoms with van der Waals surface area (Å²) in [6, 6.07) is 9.16. The van der Waals surface area contributed by atoms with Gasteiger partial charge in [0.2, 0.25) is 0 Å². The topological polar surface area (TPSA) is 76.7 Å². The molecular weight excluding hydrogens is 296 g/mol. The molecule has 0 heterocycles. The van der Waals surface area contributed by atoms with Gasteiger partial charge >= 0.3 is 12.1 Å². The van der Waals surface area contributed by atoms with Crippen molar-refractivity contribution in [3.8, 4) is 0 Å². The molecule has 0 fully saturated rings. The SMILES string of the molecule is CCNCCC[C@@H](CC(=O)OC)NC(=O)OCc1ccccc1. The van der Waals surface area contributed by atoms with E-state index in [9.17, 15) is 9.59 Å². The maximum Gasteiger partial charge on any atom is 0.407 e. The number of benzene rings is 1. The van der Waals surface area contributed by atoms with Crippen LogP contribution in [0.3, 0.4) is 0 Å². The van der Waals surface area contributed by atoms with E-state index in [1.54, 1.807) is 0 Å². The molecule has 0 aromatic heterocycles. The lowest BCUT2D eigenvalue weighted by Gasteiger charge is -2.17. The number of carbonyl (C=O) groups is 2. The van der Waals surface area contributed by atoms with E-state index in [2.05, 4.69) is 15.4 Å². The summed E-state index contributed by atoms with van der Waals surface area (Å²) in [5, 5.41) is 5.95. The molecule has 1 aromatic carbocycles. The van der Waals surface area contributed by atoms with E-state index in [1.807, 2.05) is 37.3 Å². The molecule has 0 aliphatic rings. The summed E-state index contributed by atoms with van der Waals surface area (Å²) in [6.45, 7) is 3.98. The van der Waals surface area contributed by atoms with Crippen molar-refractivity contribution in [3.05, 3.63) is 35.9 Å². The molecule has 0 radical (unpaired) electrons. The van der Waals surface area contributed by atoms with E-state index in [4.69, 9.17) is 4.74 Å². The lowest BCUT2D eigenvalue weighted by molar-refractivity contribution is -0.141. The molecule has 0 aliphatic heterocycles. The number of nitrogens with one attached hydrogen (secondary N) is 2. The van der Waals surface area contributed by atoms with Crippen LogP contribution in [0.1, 0.15) is 31.7 Å². The third-order valence-corrected chi connectivity index (χ3v) is 3.33. The Kier molecular flexibility index (Phi) is 9.47. The Morgan fingerprint density at radius 3 is 2.61 bits per heavy atom. The van der Waals surface area contributed by atoms with Crippen LogP contribution in [0.25, 0.3) is 0 Å². The van der Waals surface area contributed by atoms with Crippen molar-refractivity contribution in [1.82, 2.24) is 10.6 Å². The number of rotatable bonds is 10. The van der Waals surface area contributed by atoms with Gasteiger partial charge in [-0.15, -0.1) is 0 Å². The number of alkyl carbamates (subject to hydrolysis) is 1. The highest BCUT2D eigenvalue weighted by Gasteiger charge is 2.17. The van der Waals surface area contributed by atoms with E-state index in [0.29, 0.717) is 6.42 Å². The fourth-order valence-corrected chi connectivity index (χ4v) is 2.09. The van der Waals surface area contributed by atoms with Gasteiger partial charge < -0.3 is 20.1 Å². The summed E-state index contributed by atoms with van der Waals surface area (Å²) < 4.78 is 9.86. The Morgan fingerprint density at radius 2 is 1.96 bits per heavy atom. The van der Waals surface area contributed by atoms with Crippen molar-refractivity contribution in [2.75, 3.05) is 20.2 Å². The number of hydrogen-bond donors (Lipinski definition) is 2. The lowest BCUT2D eigenvalue weighted by Crippen LogP contribution is -2.37. The van der Waals surface area contributed by atoms with Crippen molar-refractivity contribution in [2.24, 2.45) is 0 Å². The third-order valence-electron chi connectivity index (χ3n) is 3.33. The second-order valence-electron chi connectivity index (χ2n) is 5.18. The number of hydrogen-bond acceptors (Lipinski definition) is 5. The molecule has 0 unspecified atom stereocenters. The van der Waals surface area contributed by atoms with Crippen molar-refractivity contribution in [2.45, 2.75) is 38.8 Å². The highest BCUT2D eigenvalue weighted by Crippen LogP contribution is 2.05. The number of esters is 1. The van der Waals surface area contributed by atoms with Gasteiger partial charge in [0.05, 0.1) is 13.5 Å². The van der Waals surface area contributed by atoms with Gasteiger partial charge in [-0.3, -0.25) is 4.79 Å². The first kappa shape index (κ1) is 19.0. The highest BCUT2D eigenvalue weighted by molar-refractivity contribution is 5.72. The van der Waals surface area contributed by atoms with Crippen LogP contribution in [0.4, 0.5) is 4.79 Å². The average Bonchev–Trinajstić information content (AvgIpc) is 2.57. The first-order valence-electron chi connectivity index (χ1n) is 7.90. The maximum absolute atomic E-state index is 11.9. The molecular formula is C17H26N2O4. The molecule has 1 atom stereocenters. The Labute approximate surface area is 137 Å². The second-order valence-corrected chi connectivity index (χ2v) is 5.18. The number of methoxy groups -OCH3 is 1. The maximum atomic E-state index is 11.9. The summed E-state index contributed by atoms with van der Waals surface area (Å²) in [4.78, 5) is 23.3. The van der Waals surface area contributed by atoms with Gasteiger partial charge in [0, 0.05) is 6.04 Å². The van der Waals surface area contributed by atoms with Crippen LogP contribution >= 0.6 is 0 Å². The largest absolute Gasteiger partial charge is 0.469 e. The van der Waals surface area contributed by atoms with Crippen LogP contribution in [0.2, 0.25) is 0 Å². The zero-order chi connectivity index (χ0) is 16.9. The minimum Gasteiger partial charge on any atom is -0.469 e. The molecule has 0 aliphatic carbocycles. The van der Waals surface area contributed by atoms with E-state index >= 15 is 0 Å². The molecule has 0 saturated carbocycles. The normalized spacial score (nSPS) is 11.6. The smallest absolute Gasteiger partial charge is 0.407 e. The highest BCUT2D eigenvalue weighted by atomic mass is 16.5. The zero-order valence-corrected chi connectivity index (χ0v) is 13.8. The summed E-state index contributed by atoms with van der Waals surface area (Å²) in [5.41, 5.74) is 0.916. The lowest BCUT2D eigenvalue weighted by atomic mass is 10.1. The van der Waals surface area contributed by atoms with E-state index in [-0.39, 0.29) is 25.0 Å². The summed E-state index contributed by atoms with van der Waals surface area (Å²) in [7, 11) is 1.34. The number of carbonyl (C=O) groups excluding carboxylic acids is 2. The van der Waals surface area contributed by atoms with E-state index in [1.165, 1.54) is 7.11 Å². The minimum absolute atomic E-state index is 0.142. The molecule has 128 valence electrons. The molecule has 0 saturated heterocycles. The number of ether oxygens (including phenoxy) is 2. The molecule has 6 heteroatoms. The van der Waals surface area contributed by atoms with Crippen molar-refractivity contribution in [1.29, 1.82) is 0 Å². The first-order chi connectivity index (χ1) is 11.2. The molecule has 0 bridgehead atoms. The molecule has 0 spiro atoms. The Bertz CT molecular complexity index is 465.